The van der Waals surface area contributed by atoms with E-state index in [2.05, 4.69) is 0 Å². The second-order valence-corrected chi connectivity index (χ2v) is 3.86. The van der Waals surface area contributed by atoms with Gasteiger partial charge >= 0.3 is 6.03 Å². The third-order valence-corrected chi connectivity index (χ3v) is 2.92. The van der Waals surface area contributed by atoms with Crippen molar-refractivity contribution in [3.8, 4) is 0 Å². The summed E-state index contributed by atoms with van der Waals surface area (Å²) in [5.74, 6) is 0. The van der Waals surface area contributed by atoms with Gasteiger partial charge in [-0.3, -0.25) is 0 Å². The van der Waals surface area contributed by atoms with Crippen molar-refractivity contribution < 1.29 is 4.79 Å². The van der Waals surface area contributed by atoms with E-state index in [9.17, 15) is 4.79 Å². The molecule has 3 nitrogen and oxygen atoms in total. The molecule has 0 spiro atoms. The quantitative estimate of drug-likeness (QED) is 0.694. The molecule has 1 unspecified atom stereocenters. The van der Waals surface area contributed by atoms with Crippen molar-refractivity contribution in [1.29, 1.82) is 0 Å². The number of amides is 2. The maximum atomic E-state index is 11.3. The molecule has 0 bridgehead atoms. The minimum Gasteiger partial charge on any atom is -0.351 e. The van der Waals surface area contributed by atoms with Crippen LogP contribution in [0.3, 0.4) is 0 Å². The molecule has 1 aromatic rings. The van der Waals surface area contributed by atoms with Gasteiger partial charge in [-0.1, -0.05) is 42.5 Å². The van der Waals surface area contributed by atoms with Crippen LogP contribution in [0.5, 0.6) is 0 Å². The highest BCUT2D eigenvalue weighted by Gasteiger charge is 2.36. The van der Waals surface area contributed by atoms with E-state index < -0.39 is 5.54 Å². The second kappa shape index (κ2) is 3.42. The molecule has 0 aromatic heterocycles. The van der Waals surface area contributed by atoms with Crippen molar-refractivity contribution in [2.75, 3.05) is 6.54 Å². The topological polar surface area (TPSA) is 46.3 Å². The summed E-state index contributed by atoms with van der Waals surface area (Å²) in [6, 6.07) is 9.51. The average molecular weight is 202 g/mol. The smallest absolute Gasteiger partial charge is 0.316 e. The van der Waals surface area contributed by atoms with Crippen molar-refractivity contribution in [2.45, 2.75) is 12.5 Å². The molecule has 2 amide bonds. The first-order valence-electron chi connectivity index (χ1n) is 4.95. The fraction of sp³-hybridized carbons (Fsp3) is 0.250. The molecule has 2 rings (SSSR count). The Morgan fingerprint density at radius 1 is 1.40 bits per heavy atom. The summed E-state index contributed by atoms with van der Waals surface area (Å²) in [4.78, 5) is 13.0. The summed E-state index contributed by atoms with van der Waals surface area (Å²) in [6.07, 6.45) is 3.99. The van der Waals surface area contributed by atoms with Gasteiger partial charge < -0.3 is 10.6 Å². The molecule has 0 aliphatic carbocycles. The number of carbonyl (C=O) groups excluding carboxylic acids is 1. The number of carbonyl (C=O) groups is 1. The Labute approximate surface area is 89.2 Å². The fourth-order valence-corrected chi connectivity index (χ4v) is 2.01. The Balaban J connectivity index is 2.41. The van der Waals surface area contributed by atoms with Crippen LogP contribution in [0.4, 0.5) is 4.79 Å². The van der Waals surface area contributed by atoms with Gasteiger partial charge in [0.15, 0.2) is 0 Å². The molecule has 15 heavy (non-hydrogen) atoms. The van der Waals surface area contributed by atoms with Crippen molar-refractivity contribution in [3.63, 3.8) is 0 Å². The van der Waals surface area contributed by atoms with E-state index in [0.29, 0.717) is 6.54 Å². The van der Waals surface area contributed by atoms with E-state index in [1.807, 2.05) is 49.4 Å². The van der Waals surface area contributed by atoms with Crippen LogP contribution in [0.2, 0.25) is 0 Å². The van der Waals surface area contributed by atoms with E-state index >= 15 is 0 Å². The van der Waals surface area contributed by atoms with Crippen molar-refractivity contribution in [2.24, 2.45) is 5.73 Å². The highest BCUT2D eigenvalue weighted by molar-refractivity contribution is 5.74. The van der Waals surface area contributed by atoms with E-state index in [1.54, 1.807) is 4.90 Å². The van der Waals surface area contributed by atoms with Crippen LogP contribution in [0, 0.1) is 0 Å². The van der Waals surface area contributed by atoms with E-state index in [-0.39, 0.29) is 6.03 Å². The van der Waals surface area contributed by atoms with Gasteiger partial charge in [-0.2, -0.15) is 0 Å². The standard InChI is InChI=1S/C12H14N2O/c1-12(10-6-3-2-4-7-10)8-5-9-14(12)11(13)15/h2-8H,9H2,1H3,(H2,13,15). The Bertz CT molecular complexity index is 399. The first-order valence-corrected chi connectivity index (χ1v) is 4.95. The fourth-order valence-electron chi connectivity index (χ4n) is 2.01. The van der Waals surface area contributed by atoms with Crippen LogP contribution in [0.15, 0.2) is 42.5 Å². The van der Waals surface area contributed by atoms with Gasteiger partial charge in [0.2, 0.25) is 0 Å². The van der Waals surface area contributed by atoms with E-state index in [0.717, 1.165) is 5.56 Å². The summed E-state index contributed by atoms with van der Waals surface area (Å²) in [5, 5.41) is 0. The Morgan fingerprint density at radius 3 is 2.67 bits per heavy atom. The predicted molar refractivity (Wildman–Crippen MR) is 59.2 cm³/mol. The average Bonchev–Trinajstić information content (AvgIpc) is 2.63. The summed E-state index contributed by atoms with van der Waals surface area (Å²) >= 11 is 0. The molecule has 0 saturated carbocycles. The number of hydrogen-bond acceptors (Lipinski definition) is 1. The van der Waals surface area contributed by atoms with Crippen molar-refractivity contribution in [1.82, 2.24) is 4.90 Å². The van der Waals surface area contributed by atoms with Gasteiger partial charge in [0.05, 0.1) is 5.54 Å². The lowest BCUT2D eigenvalue weighted by molar-refractivity contribution is 0.177. The predicted octanol–water partition coefficient (Wildman–Crippen LogP) is 1.85. The first-order chi connectivity index (χ1) is 7.14. The molecule has 0 fully saturated rings. The number of benzene rings is 1. The highest BCUT2D eigenvalue weighted by atomic mass is 16.2. The number of nitrogens with two attached hydrogens (primary N) is 1. The van der Waals surface area contributed by atoms with Gasteiger partial charge in [0.25, 0.3) is 0 Å². The molecule has 1 heterocycles. The molecule has 3 heteroatoms. The number of nitrogens with zero attached hydrogens (tertiary/aromatic N) is 1. The lowest BCUT2D eigenvalue weighted by atomic mass is 9.92. The Hall–Kier alpha value is -1.77. The molecule has 2 N–H and O–H groups in total. The van der Waals surface area contributed by atoms with Gasteiger partial charge in [0.1, 0.15) is 0 Å². The minimum absolute atomic E-state index is 0.383. The summed E-state index contributed by atoms with van der Waals surface area (Å²) < 4.78 is 0. The minimum atomic E-state index is -0.396. The zero-order chi connectivity index (χ0) is 10.9. The maximum absolute atomic E-state index is 11.3. The molecule has 0 saturated heterocycles. The molecule has 0 radical (unpaired) electrons. The summed E-state index contributed by atoms with van der Waals surface area (Å²) in [5.41, 5.74) is 6.04. The highest BCUT2D eigenvalue weighted by Crippen LogP contribution is 2.33. The molecule has 1 aliphatic heterocycles. The Morgan fingerprint density at radius 2 is 2.07 bits per heavy atom. The first kappa shape index (κ1) is 9.77. The zero-order valence-electron chi connectivity index (χ0n) is 8.68. The van der Waals surface area contributed by atoms with Crippen molar-refractivity contribution >= 4 is 6.03 Å². The van der Waals surface area contributed by atoms with Crippen LogP contribution in [0.25, 0.3) is 0 Å². The van der Waals surface area contributed by atoms with Gasteiger partial charge in [-0.15, -0.1) is 0 Å². The van der Waals surface area contributed by atoms with Crippen LogP contribution < -0.4 is 5.73 Å². The molecular formula is C12H14N2O. The SMILES string of the molecule is CC1(c2ccccc2)C=CCN1C(N)=O. The van der Waals surface area contributed by atoms with Crippen LogP contribution in [0.1, 0.15) is 12.5 Å². The Kier molecular flexibility index (Phi) is 2.23. The van der Waals surface area contributed by atoms with Crippen LogP contribution >= 0.6 is 0 Å². The van der Waals surface area contributed by atoms with Gasteiger partial charge in [-0.25, -0.2) is 4.79 Å². The van der Waals surface area contributed by atoms with Gasteiger partial charge in [0, 0.05) is 6.54 Å². The van der Waals surface area contributed by atoms with Gasteiger partial charge in [-0.05, 0) is 12.5 Å². The number of urea groups is 1. The monoisotopic (exact) mass is 202 g/mol. The lowest BCUT2D eigenvalue weighted by Crippen LogP contribution is -2.46. The third kappa shape index (κ3) is 1.50. The second-order valence-electron chi connectivity index (χ2n) is 3.86. The maximum Gasteiger partial charge on any atom is 0.316 e. The number of rotatable bonds is 1. The number of primary amides is 1. The molecular weight excluding hydrogens is 188 g/mol. The van der Waals surface area contributed by atoms with Crippen LogP contribution in [-0.2, 0) is 5.54 Å². The zero-order valence-corrected chi connectivity index (χ0v) is 8.68. The normalized spacial score (nSPS) is 24.5. The van der Waals surface area contributed by atoms with Crippen LogP contribution in [-0.4, -0.2) is 17.5 Å². The van der Waals surface area contributed by atoms with E-state index in [1.165, 1.54) is 0 Å². The molecule has 1 aliphatic rings. The molecule has 78 valence electrons. The number of hydrogen-bond donors (Lipinski definition) is 1. The van der Waals surface area contributed by atoms with Crippen molar-refractivity contribution in [3.05, 3.63) is 48.0 Å². The van der Waals surface area contributed by atoms with E-state index in [4.69, 9.17) is 5.73 Å². The lowest BCUT2D eigenvalue weighted by Gasteiger charge is -2.33. The summed E-state index contributed by atoms with van der Waals surface area (Å²) in [6.45, 7) is 2.58. The molecule has 1 atom stereocenters. The molecule has 1 aromatic carbocycles. The largest absolute Gasteiger partial charge is 0.351 e. The third-order valence-electron chi connectivity index (χ3n) is 2.92. The summed E-state index contributed by atoms with van der Waals surface area (Å²) in [7, 11) is 0.